The molecule has 0 amide bonds. The summed E-state index contributed by atoms with van der Waals surface area (Å²) in [5, 5.41) is 10.5. The van der Waals surface area contributed by atoms with Gasteiger partial charge in [-0.15, -0.1) is 0 Å². The van der Waals surface area contributed by atoms with Crippen LogP contribution in [-0.2, 0) is 0 Å². The molecule has 1 aliphatic carbocycles. The summed E-state index contributed by atoms with van der Waals surface area (Å²) in [6.07, 6.45) is 6.21. The second kappa shape index (κ2) is 6.53. The van der Waals surface area contributed by atoms with Crippen LogP contribution >= 0.6 is 0 Å². The Kier molecular flexibility index (Phi) is 5.00. The molecule has 2 atom stereocenters. The van der Waals surface area contributed by atoms with Crippen molar-refractivity contribution < 1.29 is 5.11 Å². The quantitative estimate of drug-likeness (QED) is 0.893. The molecule has 0 aliphatic heterocycles. The molecule has 19 heavy (non-hydrogen) atoms. The van der Waals surface area contributed by atoms with Gasteiger partial charge in [-0.1, -0.05) is 49.1 Å². The molecule has 0 heterocycles. The van der Waals surface area contributed by atoms with Gasteiger partial charge in [-0.25, -0.2) is 0 Å². The van der Waals surface area contributed by atoms with E-state index < -0.39 is 6.10 Å². The van der Waals surface area contributed by atoms with Crippen molar-refractivity contribution in [1.29, 1.82) is 0 Å². The number of nitrogens with zero attached hydrogens (tertiary/aromatic N) is 1. The van der Waals surface area contributed by atoms with Crippen LogP contribution in [0.25, 0.3) is 0 Å². The third-order valence-corrected chi connectivity index (χ3v) is 4.67. The highest BCUT2D eigenvalue weighted by Gasteiger charge is 2.26. The van der Waals surface area contributed by atoms with Gasteiger partial charge in [0.2, 0.25) is 0 Å². The Balaban J connectivity index is 2.01. The predicted molar refractivity (Wildman–Crippen MR) is 80.2 cm³/mol. The van der Waals surface area contributed by atoms with Crippen LogP contribution in [-0.4, -0.2) is 29.1 Å². The molecule has 0 aromatic heterocycles. The average molecular weight is 261 g/mol. The lowest BCUT2D eigenvalue weighted by Crippen LogP contribution is -2.42. The van der Waals surface area contributed by atoms with Crippen LogP contribution in [0.1, 0.15) is 56.3 Å². The maximum absolute atomic E-state index is 10.5. The van der Waals surface area contributed by atoms with E-state index in [1.54, 1.807) is 0 Å². The standard InChI is InChI=1S/C17H27NO/c1-13-9-11-15(12-10-13)17(19)14(2)18(3)16-7-5-4-6-8-16/h9-12,14,16-17,19H,4-8H2,1-3H3. The first-order valence-corrected chi connectivity index (χ1v) is 7.56. The summed E-state index contributed by atoms with van der Waals surface area (Å²) in [4.78, 5) is 2.38. The molecule has 106 valence electrons. The van der Waals surface area contributed by atoms with E-state index in [0.717, 1.165) is 5.56 Å². The summed E-state index contributed by atoms with van der Waals surface area (Å²) in [6, 6.07) is 9.06. The van der Waals surface area contributed by atoms with Gasteiger partial charge in [0, 0.05) is 12.1 Å². The fourth-order valence-electron chi connectivity index (χ4n) is 3.09. The Bertz CT molecular complexity index is 381. The molecule has 1 fully saturated rings. The normalized spacial score (nSPS) is 20.5. The van der Waals surface area contributed by atoms with E-state index in [1.807, 2.05) is 12.1 Å². The number of aryl methyl sites for hydroxylation is 1. The van der Waals surface area contributed by atoms with Gasteiger partial charge in [0.1, 0.15) is 0 Å². The van der Waals surface area contributed by atoms with Crippen molar-refractivity contribution >= 4 is 0 Å². The van der Waals surface area contributed by atoms with Crippen molar-refractivity contribution in [1.82, 2.24) is 4.90 Å². The molecular formula is C17H27NO. The van der Waals surface area contributed by atoms with Gasteiger partial charge in [0.25, 0.3) is 0 Å². The van der Waals surface area contributed by atoms with E-state index in [4.69, 9.17) is 0 Å². The maximum Gasteiger partial charge on any atom is 0.0942 e. The van der Waals surface area contributed by atoms with Crippen molar-refractivity contribution in [2.24, 2.45) is 0 Å². The largest absolute Gasteiger partial charge is 0.387 e. The van der Waals surface area contributed by atoms with Crippen molar-refractivity contribution in [3.63, 3.8) is 0 Å². The summed E-state index contributed by atoms with van der Waals surface area (Å²) in [7, 11) is 2.16. The molecule has 0 saturated heterocycles. The lowest BCUT2D eigenvalue weighted by atomic mass is 9.92. The lowest BCUT2D eigenvalue weighted by molar-refractivity contribution is 0.0388. The predicted octanol–water partition coefficient (Wildman–Crippen LogP) is 3.68. The lowest BCUT2D eigenvalue weighted by Gasteiger charge is -2.37. The maximum atomic E-state index is 10.5. The Hall–Kier alpha value is -0.860. The number of rotatable bonds is 4. The summed E-state index contributed by atoms with van der Waals surface area (Å²) >= 11 is 0. The fraction of sp³-hybridized carbons (Fsp3) is 0.647. The van der Waals surface area contributed by atoms with Crippen molar-refractivity contribution in [3.8, 4) is 0 Å². The topological polar surface area (TPSA) is 23.5 Å². The molecule has 1 saturated carbocycles. The highest BCUT2D eigenvalue weighted by Crippen LogP contribution is 2.27. The Morgan fingerprint density at radius 1 is 1.11 bits per heavy atom. The third-order valence-electron chi connectivity index (χ3n) is 4.67. The van der Waals surface area contributed by atoms with Crippen LogP contribution in [0.15, 0.2) is 24.3 Å². The second-order valence-electron chi connectivity index (χ2n) is 6.05. The Labute approximate surface area is 117 Å². The smallest absolute Gasteiger partial charge is 0.0942 e. The summed E-state index contributed by atoms with van der Waals surface area (Å²) in [5.74, 6) is 0. The first-order valence-electron chi connectivity index (χ1n) is 7.56. The minimum atomic E-state index is -0.396. The van der Waals surface area contributed by atoms with Crippen LogP contribution in [0.2, 0.25) is 0 Å². The van der Waals surface area contributed by atoms with Crippen molar-refractivity contribution in [2.45, 2.75) is 64.1 Å². The second-order valence-corrected chi connectivity index (χ2v) is 6.05. The van der Waals surface area contributed by atoms with Gasteiger partial charge in [0.15, 0.2) is 0 Å². The molecule has 1 N–H and O–H groups in total. The fourth-order valence-corrected chi connectivity index (χ4v) is 3.09. The molecule has 0 radical (unpaired) electrons. The number of benzene rings is 1. The van der Waals surface area contributed by atoms with Crippen LogP contribution in [0.3, 0.4) is 0 Å². The monoisotopic (exact) mass is 261 g/mol. The van der Waals surface area contributed by atoms with Gasteiger partial charge >= 0.3 is 0 Å². The SMILES string of the molecule is Cc1ccc(C(O)C(C)N(C)C2CCCCC2)cc1. The number of likely N-dealkylation sites (N-methyl/N-ethyl adjacent to an activating group) is 1. The average Bonchev–Trinajstić information content (AvgIpc) is 2.46. The summed E-state index contributed by atoms with van der Waals surface area (Å²) in [6.45, 7) is 4.22. The molecule has 1 aliphatic rings. The molecule has 2 nitrogen and oxygen atoms in total. The molecule has 2 rings (SSSR count). The number of aliphatic hydroxyl groups excluding tert-OH is 1. The molecule has 2 heteroatoms. The zero-order valence-corrected chi connectivity index (χ0v) is 12.5. The first-order chi connectivity index (χ1) is 9.09. The highest BCUT2D eigenvalue weighted by atomic mass is 16.3. The zero-order chi connectivity index (χ0) is 13.8. The molecule has 2 unspecified atom stereocenters. The highest BCUT2D eigenvalue weighted by molar-refractivity contribution is 5.24. The number of hydrogen-bond acceptors (Lipinski definition) is 2. The Morgan fingerprint density at radius 2 is 1.68 bits per heavy atom. The van der Waals surface area contributed by atoms with E-state index in [9.17, 15) is 5.11 Å². The van der Waals surface area contributed by atoms with Gasteiger partial charge in [-0.2, -0.15) is 0 Å². The molecule has 1 aromatic carbocycles. The van der Waals surface area contributed by atoms with E-state index in [0.29, 0.717) is 6.04 Å². The Morgan fingerprint density at radius 3 is 2.26 bits per heavy atom. The van der Waals surface area contributed by atoms with Gasteiger partial charge in [-0.3, -0.25) is 4.90 Å². The van der Waals surface area contributed by atoms with E-state index in [1.165, 1.54) is 37.7 Å². The molecule has 0 bridgehead atoms. The minimum absolute atomic E-state index is 0.172. The summed E-state index contributed by atoms with van der Waals surface area (Å²) < 4.78 is 0. The van der Waals surface area contributed by atoms with Crippen LogP contribution < -0.4 is 0 Å². The van der Waals surface area contributed by atoms with E-state index >= 15 is 0 Å². The van der Waals surface area contributed by atoms with E-state index in [2.05, 4.69) is 37.9 Å². The molecule has 0 spiro atoms. The minimum Gasteiger partial charge on any atom is -0.387 e. The van der Waals surface area contributed by atoms with Crippen molar-refractivity contribution in [2.75, 3.05) is 7.05 Å². The van der Waals surface area contributed by atoms with Crippen LogP contribution in [0.5, 0.6) is 0 Å². The van der Waals surface area contributed by atoms with Crippen LogP contribution in [0, 0.1) is 6.92 Å². The van der Waals surface area contributed by atoms with Gasteiger partial charge in [0.05, 0.1) is 6.10 Å². The first kappa shape index (κ1) is 14.5. The van der Waals surface area contributed by atoms with Gasteiger partial charge in [-0.05, 0) is 39.3 Å². The number of hydrogen-bond donors (Lipinski definition) is 1. The number of aliphatic hydroxyl groups is 1. The molecule has 1 aromatic rings. The van der Waals surface area contributed by atoms with E-state index in [-0.39, 0.29) is 6.04 Å². The third kappa shape index (κ3) is 3.58. The van der Waals surface area contributed by atoms with Crippen LogP contribution in [0.4, 0.5) is 0 Å². The van der Waals surface area contributed by atoms with Gasteiger partial charge < -0.3 is 5.11 Å². The zero-order valence-electron chi connectivity index (χ0n) is 12.5. The molecular weight excluding hydrogens is 234 g/mol. The summed E-state index contributed by atoms with van der Waals surface area (Å²) in [5.41, 5.74) is 2.27. The van der Waals surface area contributed by atoms with Crippen molar-refractivity contribution in [3.05, 3.63) is 35.4 Å².